The zero-order chi connectivity index (χ0) is 31.9. The van der Waals surface area contributed by atoms with Crippen molar-refractivity contribution in [2.75, 3.05) is 0 Å². The van der Waals surface area contributed by atoms with Gasteiger partial charge in [0.25, 0.3) is 0 Å². The molecule has 0 aliphatic rings. The molecule has 46 heavy (non-hydrogen) atoms. The molecule has 0 aliphatic carbocycles. The fraction of sp³-hybridized carbons (Fsp3) is 0.217. The Morgan fingerprint density at radius 2 is 0.565 bits per heavy atom. The van der Waals surface area contributed by atoms with E-state index in [9.17, 15) is 0 Å². The van der Waals surface area contributed by atoms with Gasteiger partial charge in [-0.1, -0.05) is 169 Å². The largest absolute Gasteiger partial charge is 0.0587 e. The van der Waals surface area contributed by atoms with Crippen LogP contribution in [0.4, 0.5) is 0 Å². The molecule has 0 spiro atoms. The lowest BCUT2D eigenvalue weighted by Crippen LogP contribution is -1.95. The average Bonchev–Trinajstić information content (AvgIpc) is 3.08. The quantitative estimate of drug-likeness (QED) is 0.130. The first-order chi connectivity index (χ1) is 22.4. The Labute approximate surface area is 276 Å². The van der Waals surface area contributed by atoms with Gasteiger partial charge in [-0.3, -0.25) is 0 Å². The minimum atomic E-state index is 1.10. The van der Waals surface area contributed by atoms with Crippen LogP contribution in [0.3, 0.4) is 0 Å². The first kappa shape index (κ1) is 31.3. The van der Waals surface area contributed by atoms with Gasteiger partial charge in [0.2, 0.25) is 0 Å². The predicted molar refractivity (Wildman–Crippen MR) is 199 cm³/mol. The number of hydrogen-bond acceptors (Lipinski definition) is 0. The van der Waals surface area contributed by atoms with Gasteiger partial charge in [-0.2, -0.15) is 0 Å². The third kappa shape index (κ3) is 7.75. The minimum Gasteiger partial charge on any atom is -0.0587 e. The van der Waals surface area contributed by atoms with Gasteiger partial charge in [-0.05, 0) is 109 Å². The summed E-state index contributed by atoms with van der Waals surface area (Å²) >= 11 is 0. The van der Waals surface area contributed by atoms with Crippen molar-refractivity contribution in [3.05, 3.63) is 167 Å². The second-order valence-corrected chi connectivity index (χ2v) is 13.1. The van der Waals surface area contributed by atoms with E-state index in [0.717, 1.165) is 12.8 Å². The maximum atomic E-state index is 2.43. The van der Waals surface area contributed by atoms with E-state index in [-0.39, 0.29) is 0 Å². The van der Waals surface area contributed by atoms with Crippen LogP contribution < -0.4 is 0 Å². The molecule has 230 valence electrons. The summed E-state index contributed by atoms with van der Waals surface area (Å²) in [5.74, 6) is 0. The van der Waals surface area contributed by atoms with Gasteiger partial charge in [0.1, 0.15) is 0 Å². The molecule has 0 unspecified atom stereocenters. The van der Waals surface area contributed by atoms with E-state index in [0.29, 0.717) is 0 Å². The highest BCUT2D eigenvalue weighted by molar-refractivity contribution is 5.75. The highest BCUT2D eigenvalue weighted by Gasteiger charge is 2.11. The SMILES string of the molecule is Cc1ccc(-c2ccc(-c3ccc(C)cc3)c(CCCCCCc3cc(-c4ccc(C)cc4)ccc3-c3ccc(C)cc3)c2)cc1. The molecule has 6 aromatic carbocycles. The van der Waals surface area contributed by atoms with Crippen LogP contribution in [0, 0.1) is 27.7 Å². The molecular weight excluding hydrogens is 553 g/mol. The molecule has 0 radical (unpaired) electrons. The number of hydrogen-bond donors (Lipinski definition) is 0. The maximum absolute atomic E-state index is 2.43. The van der Waals surface area contributed by atoms with Gasteiger partial charge < -0.3 is 0 Å². The monoisotopic (exact) mass is 598 g/mol. The van der Waals surface area contributed by atoms with Gasteiger partial charge in [0.15, 0.2) is 0 Å². The molecule has 0 N–H and O–H groups in total. The van der Waals surface area contributed by atoms with Crippen LogP contribution in [-0.4, -0.2) is 0 Å². The van der Waals surface area contributed by atoms with Crippen molar-refractivity contribution in [2.45, 2.75) is 66.2 Å². The van der Waals surface area contributed by atoms with E-state index < -0.39 is 0 Å². The van der Waals surface area contributed by atoms with Crippen LogP contribution >= 0.6 is 0 Å². The molecule has 0 atom stereocenters. The molecule has 0 heteroatoms. The molecule has 0 saturated heterocycles. The molecule has 6 aromatic rings. The Morgan fingerprint density at radius 1 is 0.283 bits per heavy atom. The highest BCUT2D eigenvalue weighted by atomic mass is 14.2. The minimum absolute atomic E-state index is 1.10. The lowest BCUT2D eigenvalue weighted by molar-refractivity contribution is 0.641. The van der Waals surface area contributed by atoms with Crippen LogP contribution in [0.5, 0.6) is 0 Å². The fourth-order valence-corrected chi connectivity index (χ4v) is 6.47. The number of aryl methyl sites for hydroxylation is 6. The molecule has 6 rings (SSSR count). The summed E-state index contributed by atoms with van der Waals surface area (Å²) in [5, 5.41) is 0. The van der Waals surface area contributed by atoms with Gasteiger partial charge in [-0.25, -0.2) is 0 Å². The molecule has 0 bridgehead atoms. The van der Waals surface area contributed by atoms with Gasteiger partial charge in [-0.15, -0.1) is 0 Å². The van der Waals surface area contributed by atoms with E-state index >= 15 is 0 Å². The molecule has 0 aliphatic heterocycles. The summed E-state index contributed by atoms with van der Waals surface area (Å²) in [6.45, 7) is 8.63. The summed E-state index contributed by atoms with van der Waals surface area (Å²) in [6, 6.07) is 50.0. The predicted octanol–water partition coefficient (Wildman–Crippen LogP) is 12.9. The lowest BCUT2D eigenvalue weighted by Gasteiger charge is -2.14. The fourth-order valence-electron chi connectivity index (χ4n) is 6.47. The van der Waals surface area contributed by atoms with Crippen LogP contribution in [0.25, 0.3) is 44.5 Å². The zero-order valence-corrected chi connectivity index (χ0v) is 27.9. The average molecular weight is 599 g/mol. The summed E-state index contributed by atoms with van der Waals surface area (Å²) in [6.07, 6.45) is 7.06. The molecule has 0 fully saturated rings. The second-order valence-electron chi connectivity index (χ2n) is 13.1. The van der Waals surface area contributed by atoms with Crippen molar-refractivity contribution in [3.63, 3.8) is 0 Å². The topological polar surface area (TPSA) is 0 Å². The van der Waals surface area contributed by atoms with E-state index in [1.54, 1.807) is 0 Å². The Morgan fingerprint density at radius 3 is 0.891 bits per heavy atom. The first-order valence-electron chi connectivity index (χ1n) is 17.0. The van der Waals surface area contributed by atoms with Crippen molar-refractivity contribution in [1.82, 2.24) is 0 Å². The summed E-state index contributed by atoms with van der Waals surface area (Å²) in [7, 11) is 0. The van der Waals surface area contributed by atoms with Gasteiger partial charge in [0, 0.05) is 0 Å². The Hall–Kier alpha value is -4.68. The normalized spacial score (nSPS) is 11.1. The van der Waals surface area contributed by atoms with Gasteiger partial charge >= 0.3 is 0 Å². The van der Waals surface area contributed by atoms with Crippen LogP contribution in [0.2, 0.25) is 0 Å². The van der Waals surface area contributed by atoms with Crippen molar-refractivity contribution in [2.24, 2.45) is 0 Å². The second kappa shape index (κ2) is 14.6. The number of rotatable bonds is 11. The van der Waals surface area contributed by atoms with E-state index in [1.807, 2.05) is 0 Å². The smallest absolute Gasteiger partial charge is 0.0151 e. The Balaban J connectivity index is 1.15. The molecule has 0 heterocycles. The standard InChI is InChI=1S/C46H46/c1-33-11-19-37(20-12-33)41-27-29-45(39-23-15-35(3)16-24-39)43(31-41)9-7-5-6-8-10-44-32-42(38-21-13-34(2)14-22-38)28-30-46(44)40-25-17-36(4)18-26-40/h11-32H,5-10H2,1-4H3. The van der Waals surface area contributed by atoms with Crippen LogP contribution in [-0.2, 0) is 12.8 Å². The Kier molecular flexibility index (Phi) is 9.94. The van der Waals surface area contributed by atoms with Crippen molar-refractivity contribution in [3.8, 4) is 44.5 Å². The van der Waals surface area contributed by atoms with Crippen LogP contribution in [0.1, 0.15) is 59.1 Å². The van der Waals surface area contributed by atoms with Crippen molar-refractivity contribution >= 4 is 0 Å². The molecule has 0 nitrogen and oxygen atoms in total. The third-order valence-corrected chi connectivity index (χ3v) is 9.35. The highest BCUT2D eigenvalue weighted by Crippen LogP contribution is 2.33. The first-order valence-corrected chi connectivity index (χ1v) is 17.0. The van der Waals surface area contributed by atoms with E-state index in [4.69, 9.17) is 0 Å². The van der Waals surface area contributed by atoms with Crippen molar-refractivity contribution in [1.29, 1.82) is 0 Å². The molecule has 0 saturated carbocycles. The Bertz CT molecular complexity index is 1730. The summed E-state index contributed by atoms with van der Waals surface area (Å²) < 4.78 is 0. The molecule has 0 amide bonds. The number of unbranched alkanes of at least 4 members (excludes halogenated alkanes) is 3. The summed E-state index contributed by atoms with van der Waals surface area (Å²) in [4.78, 5) is 0. The van der Waals surface area contributed by atoms with Gasteiger partial charge in [0.05, 0.1) is 0 Å². The van der Waals surface area contributed by atoms with Crippen molar-refractivity contribution < 1.29 is 0 Å². The number of benzene rings is 6. The third-order valence-electron chi connectivity index (χ3n) is 9.35. The lowest BCUT2D eigenvalue weighted by atomic mass is 9.90. The molecular formula is C46H46. The van der Waals surface area contributed by atoms with E-state index in [1.165, 1.54) is 104 Å². The molecule has 0 aromatic heterocycles. The van der Waals surface area contributed by atoms with Crippen LogP contribution in [0.15, 0.2) is 133 Å². The van der Waals surface area contributed by atoms with E-state index in [2.05, 4.69) is 161 Å². The maximum Gasteiger partial charge on any atom is -0.0151 e. The zero-order valence-electron chi connectivity index (χ0n) is 27.9. The summed E-state index contributed by atoms with van der Waals surface area (Å²) in [5.41, 5.74) is 18.7.